The zero-order valence-electron chi connectivity index (χ0n) is 13.8. The van der Waals surface area contributed by atoms with Gasteiger partial charge < -0.3 is 9.88 Å². The molecule has 0 atom stereocenters. The second-order valence-electron chi connectivity index (χ2n) is 6.00. The lowest BCUT2D eigenvalue weighted by atomic mass is 10.2. The Labute approximate surface area is 142 Å². The van der Waals surface area contributed by atoms with Crippen LogP contribution in [0, 0.1) is 0 Å². The number of fused-ring (bicyclic) bond motifs is 1. The van der Waals surface area contributed by atoms with Crippen molar-refractivity contribution in [3.63, 3.8) is 0 Å². The van der Waals surface area contributed by atoms with E-state index in [1.807, 2.05) is 12.1 Å². The Bertz CT molecular complexity index is 693. The largest absolute Gasteiger partial charge is 0.353 e. The number of hydrogen-bond donors (Lipinski definition) is 1. The number of hydrogen-bond acceptors (Lipinski definition) is 4. The van der Waals surface area contributed by atoms with Crippen LogP contribution in [0.3, 0.4) is 0 Å². The molecule has 0 saturated heterocycles. The Hall–Kier alpha value is -2.50. The highest BCUT2D eigenvalue weighted by Gasteiger charge is 2.13. The summed E-state index contributed by atoms with van der Waals surface area (Å²) in [5.74, 6) is 2.09. The minimum atomic E-state index is -0.0770. The molecule has 3 rings (SSSR count). The molecule has 0 radical (unpaired) electrons. The van der Waals surface area contributed by atoms with Gasteiger partial charge in [-0.3, -0.25) is 9.78 Å². The van der Waals surface area contributed by atoms with Gasteiger partial charge in [-0.2, -0.15) is 0 Å². The highest BCUT2D eigenvalue weighted by atomic mass is 16.1. The molecule has 1 amide bonds. The molecule has 3 heterocycles. The number of rotatable bonds is 6. The lowest BCUT2D eigenvalue weighted by Crippen LogP contribution is -2.22. The highest BCUT2D eigenvalue weighted by Crippen LogP contribution is 2.15. The molecule has 126 valence electrons. The molecule has 1 aliphatic heterocycles. The maximum Gasteiger partial charge on any atom is 0.243 e. The molecule has 0 fully saturated rings. The fourth-order valence-corrected chi connectivity index (χ4v) is 2.89. The van der Waals surface area contributed by atoms with Crippen molar-refractivity contribution in [2.45, 2.75) is 45.1 Å². The molecule has 6 heteroatoms. The van der Waals surface area contributed by atoms with Crippen LogP contribution in [-0.2, 0) is 24.2 Å². The number of pyridine rings is 1. The zero-order valence-corrected chi connectivity index (χ0v) is 13.8. The van der Waals surface area contributed by atoms with Gasteiger partial charge in [-0.25, -0.2) is 0 Å². The fraction of sp³-hybridized carbons (Fsp3) is 0.444. The van der Waals surface area contributed by atoms with Crippen molar-refractivity contribution < 1.29 is 4.79 Å². The Balaban J connectivity index is 1.42. The first kappa shape index (κ1) is 16.4. The summed E-state index contributed by atoms with van der Waals surface area (Å²) in [6, 6.07) is 3.72. The molecule has 0 saturated carbocycles. The van der Waals surface area contributed by atoms with Crippen LogP contribution >= 0.6 is 0 Å². The Morgan fingerprint density at radius 3 is 2.96 bits per heavy atom. The molecule has 2 aromatic heterocycles. The number of nitrogens with one attached hydrogen (secondary N) is 1. The first-order valence-electron chi connectivity index (χ1n) is 8.60. The molecular formula is C18H23N5O. The Morgan fingerprint density at radius 1 is 1.21 bits per heavy atom. The van der Waals surface area contributed by atoms with Crippen LogP contribution in [0.15, 0.2) is 30.6 Å². The van der Waals surface area contributed by atoms with E-state index in [4.69, 9.17) is 0 Å². The highest BCUT2D eigenvalue weighted by molar-refractivity contribution is 5.91. The fourth-order valence-electron chi connectivity index (χ4n) is 2.89. The molecule has 1 N–H and O–H groups in total. The van der Waals surface area contributed by atoms with E-state index in [0.29, 0.717) is 6.54 Å². The van der Waals surface area contributed by atoms with Gasteiger partial charge in [0.15, 0.2) is 0 Å². The summed E-state index contributed by atoms with van der Waals surface area (Å²) < 4.78 is 2.26. The quantitative estimate of drug-likeness (QED) is 0.652. The molecule has 6 nitrogen and oxygen atoms in total. The molecule has 0 unspecified atom stereocenters. The van der Waals surface area contributed by atoms with Crippen LogP contribution in [0.4, 0.5) is 0 Å². The number of amides is 1. The average Bonchev–Trinajstić information content (AvgIpc) is 2.84. The maximum absolute atomic E-state index is 11.8. The maximum atomic E-state index is 11.8. The van der Waals surface area contributed by atoms with Crippen LogP contribution in [0.25, 0.3) is 6.08 Å². The van der Waals surface area contributed by atoms with Gasteiger partial charge in [0.05, 0.1) is 0 Å². The second-order valence-corrected chi connectivity index (χ2v) is 6.00. The van der Waals surface area contributed by atoms with Gasteiger partial charge in [0, 0.05) is 44.4 Å². The van der Waals surface area contributed by atoms with Gasteiger partial charge in [-0.1, -0.05) is 6.42 Å². The molecule has 0 bridgehead atoms. The van der Waals surface area contributed by atoms with Gasteiger partial charge in [0.25, 0.3) is 0 Å². The summed E-state index contributed by atoms with van der Waals surface area (Å²) in [5, 5.41) is 11.5. The first-order chi connectivity index (χ1) is 11.8. The van der Waals surface area contributed by atoms with Crippen LogP contribution in [-0.4, -0.2) is 32.2 Å². The minimum absolute atomic E-state index is 0.0770. The predicted octanol–water partition coefficient (Wildman–Crippen LogP) is 2.16. The topological polar surface area (TPSA) is 72.7 Å². The van der Waals surface area contributed by atoms with E-state index in [9.17, 15) is 4.79 Å². The summed E-state index contributed by atoms with van der Waals surface area (Å²) in [6.45, 7) is 1.67. The van der Waals surface area contributed by atoms with Crippen LogP contribution in [0.5, 0.6) is 0 Å². The Morgan fingerprint density at radius 2 is 2.08 bits per heavy atom. The summed E-state index contributed by atoms with van der Waals surface area (Å²) in [6.07, 6.45) is 13.2. The molecule has 0 aromatic carbocycles. The molecule has 24 heavy (non-hydrogen) atoms. The van der Waals surface area contributed by atoms with E-state index in [1.54, 1.807) is 24.5 Å². The van der Waals surface area contributed by atoms with Crippen molar-refractivity contribution in [1.82, 2.24) is 25.1 Å². The molecular weight excluding hydrogens is 302 g/mol. The van der Waals surface area contributed by atoms with Gasteiger partial charge in [-0.05, 0) is 43.0 Å². The Kier molecular flexibility index (Phi) is 5.71. The third-order valence-corrected chi connectivity index (χ3v) is 4.20. The van der Waals surface area contributed by atoms with Crippen LogP contribution in [0.2, 0.25) is 0 Å². The van der Waals surface area contributed by atoms with Crippen molar-refractivity contribution in [2.75, 3.05) is 6.54 Å². The smallest absolute Gasteiger partial charge is 0.243 e. The summed E-state index contributed by atoms with van der Waals surface area (Å²) in [5.41, 5.74) is 0.964. The lowest BCUT2D eigenvalue weighted by Gasteiger charge is -2.07. The van der Waals surface area contributed by atoms with Gasteiger partial charge >= 0.3 is 0 Å². The van der Waals surface area contributed by atoms with Crippen LogP contribution < -0.4 is 5.32 Å². The third-order valence-electron chi connectivity index (χ3n) is 4.20. The number of nitrogens with zero attached hydrogens (tertiary/aromatic N) is 4. The van der Waals surface area contributed by atoms with E-state index in [-0.39, 0.29) is 5.91 Å². The van der Waals surface area contributed by atoms with Crippen molar-refractivity contribution in [2.24, 2.45) is 0 Å². The van der Waals surface area contributed by atoms with E-state index >= 15 is 0 Å². The standard InChI is InChI=1S/C18H23N5O/c24-18(8-7-15-9-12-19-13-10-15)20-11-4-6-17-22-21-16-5-2-1-3-14-23(16)17/h7-10,12-13H,1-6,11,14H2,(H,20,24)/b8-7-. The van der Waals surface area contributed by atoms with E-state index in [0.717, 1.165) is 43.0 Å². The molecule has 1 aliphatic rings. The SMILES string of the molecule is O=C(/C=C\c1ccncc1)NCCCc1nnc2n1CCCCC2. The van der Waals surface area contributed by atoms with E-state index in [1.165, 1.54) is 19.3 Å². The van der Waals surface area contributed by atoms with Crippen molar-refractivity contribution in [3.05, 3.63) is 47.8 Å². The van der Waals surface area contributed by atoms with Crippen LogP contribution in [0.1, 0.15) is 42.9 Å². The van der Waals surface area contributed by atoms with Crippen molar-refractivity contribution in [3.8, 4) is 0 Å². The number of carbonyl (C=O) groups excluding carboxylic acids is 1. The normalized spacial score (nSPS) is 14.3. The number of aryl methyl sites for hydroxylation is 2. The molecule has 2 aromatic rings. The summed E-state index contributed by atoms with van der Waals surface area (Å²) in [7, 11) is 0. The number of aromatic nitrogens is 4. The van der Waals surface area contributed by atoms with Crippen molar-refractivity contribution in [1.29, 1.82) is 0 Å². The molecule has 0 aliphatic carbocycles. The van der Waals surface area contributed by atoms with Gasteiger partial charge in [-0.15, -0.1) is 10.2 Å². The monoisotopic (exact) mass is 325 g/mol. The second kappa shape index (κ2) is 8.38. The molecule has 0 spiro atoms. The van der Waals surface area contributed by atoms with Crippen molar-refractivity contribution >= 4 is 12.0 Å². The van der Waals surface area contributed by atoms with Gasteiger partial charge in [0.2, 0.25) is 5.91 Å². The van der Waals surface area contributed by atoms with E-state index < -0.39 is 0 Å². The number of carbonyl (C=O) groups is 1. The van der Waals surface area contributed by atoms with E-state index in [2.05, 4.69) is 25.1 Å². The summed E-state index contributed by atoms with van der Waals surface area (Å²) in [4.78, 5) is 15.8. The predicted molar refractivity (Wildman–Crippen MR) is 92.2 cm³/mol. The summed E-state index contributed by atoms with van der Waals surface area (Å²) >= 11 is 0. The first-order valence-corrected chi connectivity index (χ1v) is 8.60. The zero-order chi connectivity index (χ0) is 16.6. The lowest BCUT2D eigenvalue weighted by molar-refractivity contribution is -0.116. The average molecular weight is 325 g/mol. The third kappa shape index (κ3) is 4.50. The minimum Gasteiger partial charge on any atom is -0.353 e. The van der Waals surface area contributed by atoms with Gasteiger partial charge in [0.1, 0.15) is 11.6 Å².